The van der Waals surface area contributed by atoms with E-state index in [4.69, 9.17) is 13.9 Å². The van der Waals surface area contributed by atoms with Crippen molar-refractivity contribution in [3.05, 3.63) is 53.5 Å². The summed E-state index contributed by atoms with van der Waals surface area (Å²) in [4.78, 5) is 14.3. The summed E-state index contributed by atoms with van der Waals surface area (Å²) in [6.45, 7) is 7.42. The zero-order valence-corrected chi connectivity index (χ0v) is 14.3. The van der Waals surface area contributed by atoms with Crippen LogP contribution in [0.25, 0.3) is 0 Å². The van der Waals surface area contributed by atoms with Crippen LogP contribution in [0.3, 0.4) is 0 Å². The van der Waals surface area contributed by atoms with Crippen LogP contribution >= 0.6 is 0 Å². The highest BCUT2D eigenvalue weighted by atomic mass is 16.5. The van der Waals surface area contributed by atoms with Gasteiger partial charge in [0.1, 0.15) is 18.1 Å². The van der Waals surface area contributed by atoms with Crippen molar-refractivity contribution in [1.29, 1.82) is 0 Å². The van der Waals surface area contributed by atoms with Crippen LogP contribution in [0.2, 0.25) is 0 Å². The fraction of sp³-hybridized carbons (Fsp3) is 0.421. The molecule has 1 aromatic carbocycles. The Hall–Kier alpha value is -2.27. The molecule has 1 aliphatic rings. The van der Waals surface area contributed by atoms with Crippen molar-refractivity contribution in [2.45, 2.75) is 39.6 Å². The van der Waals surface area contributed by atoms with Gasteiger partial charge in [-0.15, -0.1) is 0 Å². The molecular weight excluding hydrogens is 306 g/mol. The van der Waals surface area contributed by atoms with Crippen LogP contribution in [0, 0.1) is 6.92 Å². The standard InChI is InChI=1S/C19H23NO4/c1-13-5-4-6-16(9-13)22-12-17-7-8-18(24-17)19(21)20-10-14(2)23-15(3)11-20/h4-9,14-15H,10-12H2,1-3H3. The second kappa shape index (κ2) is 7.09. The number of ether oxygens (including phenoxy) is 2. The molecule has 24 heavy (non-hydrogen) atoms. The third kappa shape index (κ3) is 3.97. The molecule has 2 atom stereocenters. The number of benzene rings is 1. The fourth-order valence-corrected chi connectivity index (χ4v) is 2.93. The zero-order valence-electron chi connectivity index (χ0n) is 14.3. The number of carbonyl (C=O) groups excluding carboxylic acids is 1. The van der Waals surface area contributed by atoms with Gasteiger partial charge in [0.25, 0.3) is 5.91 Å². The largest absolute Gasteiger partial charge is 0.486 e. The number of furan rings is 1. The number of amides is 1. The highest BCUT2D eigenvalue weighted by molar-refractivity contribution is 5.91. The van der Waals surface area contributed by atoms with Gasteiger partial charge in [-0.25, -0.2) is 0 Å². The molecule has 0 aliphatic carbocycles. The summed E-state index contributed by atoms with van der Waals surface area (Å²) in [5.74, 6) is 1.67. The van der Waals surface area contributed by atoms with E-state index in [9.17, 15) is 4.79 Å². The van der Waals surface area contributed by atoms with E-state index < -0.39 is 0 Å². The Morgan fingerprint density at radius 2 is 1.96 bits per heavy atom. The van der Waals surface area contributed by atoms with Gasteiger partial charge in [-0.1, -0.05) is 12.1 Å². The minimum atomic E-state index is -0.0983. The molecule has 0 N–H and O–H groups in total. The van der Waals surface area contributed by atoms with Gasteiger partial charge in [0.2, 0.25) is 0 Å². The zero-order chi connectivity index (χ0) is 17.1. The minimum Gasteiger partial charge on any atom is -0.486 e. The van der Waals surface area contributed by atoms with Crippen molar-refractivity contribution in [1.82, 2.24) is 4.90 Å². The van der Waals surface area contributed by atoms with Crippen molar-refractivity contribution in [2.75, 3.05) is 13.1 Å². The molecule has 0 spiro atoms. The fourth-order valence-electron chi connectivity index (χ4n) is 2.93. The van der Waals surface area contributed by atoms with E-state index in [0.29, 0.717) is 31.2 Å². The van der Waals surface area contributed by atoms with Crippen LogP contribution in [0.4, 0.5) is 0 Å². The van der Waals surface area contributed by atoms with Gasteiger partial charge in [-0.3, -0.25) is 4.79 Å². The van der Waals surface area contributed by atoms with E-state index in [1.807, 2.05) is 45.0 Å². The molecule has 0 radical (unpaired) electrons. The number of morpholine rings is 1. The maximum absolute atomic E-state index is 12.6. The molecule has 5 nitrogen and oxygen atoms in total. The Labute approximate surface area is 142 Å². The van der Waals surface area contributed by atoms with Gasteiger partial charge in [0, 0.05) is 13.1 Å². The van der Waals surface area contributed by atoms with Crippen LogP contribution in [0.1, 0.15) is 35.7 Å². The molecule has 1 saturated heterocycles. The summed E-state index contributed by atoms with van der Waals surface area (Å²) in [5, 5.41) is 0. The predicted molar refractivity (Wildman–Crippen MR) is 90.1 cm³/mol. The summed E-state index contributed by atoms with van der Waals surface area (Å²) >= 11 is 0. The average Bonchev–Trinajstić information content (AvgIpc) is 3.00. The molecule has 128 valence electrons. The predicted octanol–water partition coefficient (Wildman–Crippen LogP) is 3.42. The molecule has 0 saturated carbocycles. The molecule has 1 fully saturated rings. The first-order valence-corrected chi connectivity index (χ1v) is 8.24. The Kier molecular flexibility index (Phi) is 4.90. The molecule has 0 bridgehead atoms. The number of rotatable bonds is 4. The lowest BCUT2D eigenvalue weighted by molar-refractivity contribution is -0.0592. The Morgan fingerprint density at radius 1 is 1.21 bits per heavy atom. The lowest BCUT2D eigenvalue weighted by atomic mass is 10.2. The molecule has 1 aromatic heterocycles. The Bertz CT molecular complexity index is 699. The maximum Gasteiger partial charge on any atom is 0.289 e. The van der Waals surface area contributed by atoms with E-state index in [1.165, 1.54) is 0 Å². The summed E-state index contributed by atoms with van der Waals surface area (Å²) < 4.78 is 17.0. The lowest BCUT2D eigenvalue weighted by Gasteiger charge is -2.34. The van der Waals surface area contributed by atoms with E-state index in [2.05, 4.69) is 0 Å². The average molecular weight is 329 g/mol. The highest BCUT2D eigenvalue weighted by Gasteiger charge is 2.28. The third-order valence-corrected chi connectivity index (χ3v) is 3.95. The van der Waals surface area contributed by atoms with Gasteiger partial charge in [-0.05, 0) is 50.6 Å². The molecule has 2 unspecified atom stereocenters. The smallest absolute Gasteiger partial charge is 0.289 e. The second-order valence-corrected chi connectivity index (χ2v) is 6.34. The first-order valence-electron chi connectivity index (χ1n) is 8.24. The molecule has 1 amide bonds. The summed E-state index contributed by atoms with van der Waals surface area (Å²) in [6, 6.07) is 11.3. The van der Waals surface area contributed by atoms with Gasteiger partial charge < -0.3 is 18.8 Å². The van der Waals surface area contributed by atoms with Gasteiger partial charge >= 0.3 is 0 Å². The van der Waals surface area contributed by atoms with Crippen LogP contribution in [0.15, 0.2) is 40.8 Å². The normalized spacial score (nSPS) is 20.9. The Morgan fingerprint density at radius 3 is 2.67 bits per heavy atom. The van der Waals surface area contributed by atoms with E-state index in [0.717, 1.165) is 11.3 Å². The van der Waals surface area contributed by atoms with E-state index >= 15 is 0 Å². The number of aryl methyl sites for hydroxylation is 1. The number of hydrogen-bond acceptors (Lipinski definition) is 4. The van der Waals surface area contributed by atoms with E-state index in [-0.39, 0.29) is 18.1 Å². The van der Waals surface area contributed by atoms with Crippen LogP contribution in [0.5, 0.6) is 5.75 Å². The van der Waals surface area contributed by atoms with Crippen molar-refractivity contribution >= 4 is 5.91 Å². The van der Waals surface area contributed by atoms with Crippen molar-refractivity contribution in [3.8, 4) is 5.75 Å². The van der Waals surface area contributed by atoms with Crippen LogP contribution < -0.4 is 4.74 Å². The quantitative estimate of drug-likeness (QED) is 0.862. The van der Waals surface area contributed by atoms with Crippen molar-refractivity contribution in [3.63, 3.8) is 0 Å². The summed E-state index contributed by atoms with van der Waals surface area (Å²) in [7, 11) is 0. The molecule has 2 aromatic rings. The van der Waals surface area contributed by atoms with Crippen LogP contribution in [-0.4, -0.2) is 36.1 Å². The first-order chi connectivity index (χ1) is 11.5. The van der Waals surface area contributed by atoms with Crippen LogP contribution in [-0.2, 0) is 11.3 Å². The molecule has 5 heteroatoms. The molecule has 3 rings (SSSR count). The summed E-state index contributed by atoms with van der Waals surface area (Å²) in [5.41, 5.74) is 1.14. The van der Waals surface area contributed by atoms with Crippen molar-refractivity contribution < 1.29 is 18.7 Å². The summed E-state index contributed by atoms with van der Waals surface area (Å²) in [6.07, 6.45) is 0.0774. The number of hydrogen-bond donors (Lipinski definition) is 0. The molecule has 2 heterocycles. The first kappa shape index (κ1) is 16.6. The number of nitrogens with zero attached hydrogens (tertiary/aromatic N) is 1. The monoisotopic (exact) mass is 329 g/mol. The van der Waals surface area contributed by atoms with E-state index in [1.54, 1.807) is 17.0 Å². The number of carbonyl (C=O) groups is 1. The SMILES string of the molecule is Cc1cccc(OCc2ccc(C(=O)N3CC(C)OC(C)C3)o2)c1. The van der Waals surface area contributed by atoms with Gasteiger partial charge in [0.15, 0.2) is 5.76 Å². The lowest BCUT2D eigenvalue weighted by Crippen LogP contribution is -2.48. The molecular formula is C19H23NO4. The highest BCUT2D eigenvalue weighted by Crippen LogP contribution is 2.18. The van der Waals surface area contributed by atoms with Gasteiger partial charge in [-0.2, -0.15) is 0 Å². The Balaban J connectivity index is 1.61. The third-order valence-electron chi connectivity index (χ3n) is 3.95. The van der Waals surface area contributed by atoms with Gasteiger partial charge in [0.05, 0.1) is 12.2 Å². The minimum absolute atomic E-state index is 0.0387. The van der Waals surface area contributed by atoms with Crippen molar-refractivity contribution in [2.24, 2.45) is 0 Å². The maximum atomic E-state index is 12.6. The second-order valence-electron chi connectivity index (χ2n) is 6.34. The topological polar surface area (TPSA) is 51.9 Å². The molecule has 1 aliphatic heterocycles.